The monoisotopic (exact) mass is 225 g/mol. The van der Waals surface area contributed by atoms with Crippen LogP contribution in [0.4, 0.5) is 0 Å². The minimum absolute atomic E-state index is 0.0526. The summed E-state index contributed by atoms with van der Waals surface area (Å²) in [6, 6.07) is 0. The van der Waals surface area contributed by atoms with Crippen molar-refractivity contribution in [3.05, 3.63) is 11.7 Å². The van der Waals surface area contributed by atoms with Gasteiger partial charge in [-0.3, -0.25) is 0 Å². The average molecular weight is 225 g/mol. The van der Waals surface area contributed by atoms with Gasteiger partial charge >= 0.3 is 0 Å². The van der Waals surface area contributed by atoms with E-state index in [0.29, 0.717) is 18.3 Å². The molecule has 5 heteroatoms. The van der Waals surface area contributed by atoms with E-state index in [4.69, 9.17) is 9.26 Å². The van der Waals surface area contributed by atoms with E-state index in [1.807, 2.05) is 0 Å². The smallest absolute Gasteiger partial charge is 0.227 e. The summed E-state index contributed by atoms with van der Waals surface area (Å²) in [5.41, 5.74) is 0. The van der Waals surface area contributed by atoms with Crippen molar-refractivity contribution in [1.29, 1.82) is 0 Å². The Balaban J connectivity index is 1.95. The SMILES string of the molecule is CCC(C)Cc1nc(C2CNCCO2)no1. The third-order valence-electron chi connectivity index (χ3n) is 2.92. The number of hydrogen-bond donors (Lipinski definition) is 1. The van der Waals surface area contributed by atoms with Crippen molar-refractivity contribution in [1.82, 2.24) is 15.5 Å². The highest BCUT2D eigenvalue weighted by Crippen LogP contribution is 2.17. The van der Waals surface area contributed by atoms with Gasteiger partial charge in [-0.25, -0.2) is 0 Å². The van der Waals surface area contributed by atoms with Crippen LogP contribution in [0.1, 0.15) is 38.1 Å². The zero-order valence-corrected chi connectivity index (χ0v) is 9.90. The first kappa shape index (κ1) is 11.5. The number of morpholine rings is 1. The average Bonchev–Trinajstić information content (AvgIpc) is 2.78. The molecule has 1 fully saturated rings. The largest absolute Gasteiger partial charge is 0.367 e. The van der Waals surface area contributed by atoms with Gasteiger partial charge in [-0.15, -0.1) is 0 Å². The van der Waals surface area contributed by atoms with Gasteiger partial charge < -0.3 is 14.6 Å². The summed E-state index contributed by atoms with van der Waals surface area (Å²) < 4.78 is 10.8. The van der Waals surface area contributed by atoms with Gasteiger partial charge in [0.2, 0.25) is 11.7 Å². The zero-order chi connectivity index (χ0) is 11.4. The molecule has 2 atom stereocenters. The molecular weight excluding hydrogens is 206 g/mol. The van der Waals surface area contributed by atoms with Crippen LogP contribution < -0.4 is 5.32 Å². The van der Waals surface area contributed by atoms with E-state index in [0.717, 1.165) is 31.8 Å². The molecule has 1 saturated heterocycles. The van der Waals surface area contributed by atoms with Crippen LogP contribution in [0.3, 0.4) is 0 Å². The highest BCUT2D eigenvalue weighted by molar-refractivity contribution is 4.94. The Morgan fingerprint density at radius 1 is 1.56 bits per heavy atom. The Hall–Kier alpha value is -0.940. The third kappa shape index (κ3) is 2.80. The molecule has 1 aromatic heterocycles. The quantitative estimate of drug-likeness (QED) is 0.837. The summed E-state index contributed by atoms with van der Waals surface area (Å²) in [5.74, 6) is 1.97. The van der Waals surface area contributed by atoms with Crippen LogP contribution >= 0.6 is 0 Å². The van der Waals surface area contributed by atoms with Crippen molar-refractivity contribution in [3.63, 3.8) is 0 Å². The van der Waals surface area contributed by atoms with Gasteiger partial charge in [0.25, 0.3) is 0 Å². The molecule has 1 aromatic rings. The first-order valence-corrected chi connectivity index (χ1v) is 5.94. The van der Waals surface area contributed by atoms with Gasteiger partial charge in [0.05, 0.1) is 6.61 Å². The number of ether oxygens (including phenoxy) is 1. The van der Waals surface area contributed by atoms with Crippen molar-refractivity contribution < 1.29 is 9.26 Å². The van der Waals surface area contributed by atoms with Crippen LogP contribution in [0.25, 0.3) is 0 Å². The predicted molar refractivity (Wildman–Crippen MR) is 59.0 cm³/mol. The second kappa shape index (κ2) is 5.41. The van der Waals surface area contributed by atoms with Gasteiger partial charge in [-0.1, -0.05) is 25.4 Å². The highest BCUT2D eigenvalue weighted by atomic mass is 16.5. The molecule has 1 aliphatic rings. The molecule has 16 heavy (non-hydrogen) atoms. The summed E-state index contributed by atoms with van der Waals surface area (Å²) >= 11 is 0. The lowest BCUT2D eigenvalue weighted by Crippen LogP contribution is -2.33. The molecule has 1 N–H and O–H groups in total. The second-order valence-electron chi connectivity index (χ2n) is 4.33. The fourth-order valence-electron chi connectivity index (χ4n) is 1.66. The van der Waals surface area contributed by atoms with Crippen molar-refractivity contribution >= 4 is 0 Å². The minimum Gasteiger partial charge on any atom is -0.367 e. The summed E-state index contributed by atoms with van der Waals surface area (Å²) in [5, 5.41) is 7.22. The van der Waals surface area contributed by atoms with E-state index in [2.05, 4.69) is 29.3 Å². The molecule has 0 spiro atoms. The molecule has 0 aromatic carbocycles. The van der Waals surface area contributed by atoms with Gasteiger partial charge in [-0.05, 0) is 5.92 Å². The van der Waals surface area contributed by atoms with Crippen molar-refractivity contribution in [2.24, 2.45) is 5.92 Å². The first-order valence-electron chi connectivity index (χ1n) is 5.94. The van der Waals surface area contributed by atoms with Crippen molar-refractivity contribution in [2.45, 2.75) is 32.8 Å². The van der Waals surface area contributed by atoms with Gasteiger partial charge in [-0.2, -0.15) is 4.98 Å². The standard InChI is InChI=1S/C11H19N3O2/c1-3-8(2)6-10-13-11(14-16-10)9-7-12-4-5-15-9/h8-9,12H,3-7H2,1-2H3. The van der Waals surface area contributed by atoms with E-state index < -0.39 is 0 Å². The molecule has 0 saturated carbocycles. The molecule has 5 nitrogen and oxygen atoms in total. The topological polar surface area (TPSA) is 60.2 Å². The number of nitrogens with zero attached hydrogens (tertiary/aromatic N) is 2. The van der Waals surface area contributed by atoms with Crippen LogP contribution in [-0.4, -0.2) is 29.8 Å². The molecule has 0 bridgehead atoms. The first-order chi connectivity index (χ1) is 7.79. The lowest BCUT2D eigenvalue weighted by Gasteiger charge is -2.20. The van der Waals surface area contributed by atoms with Crippen molar-refractivity contribution in [3.8, 4) is 0 Å². The number of rotatable bonds is 4. The summed E-state index contributed by atoms with van der Waals surface area (Å²) in [7, 11) is 0. The summed E-state index contributed by atoms with van der Waals surface area (Å²) in [4.78, 5) is 4.38. The maximum absolute atomic E-state index is 5.56. The minimum atomic E-state index is -0.0526. The normalized spacial score (nSPS) is 23.2. The summed E-state index contributed by atoms with van der Waals surface area (Å²) in [6.07, 6.45) is 1.92. The lowest BCUT2D eigenvalue weighted by molar-refractivity contribution is 0.0208. The van der Waals surface area contributed by atoms with E-state index in [1.54, 1.807) is 0 Å². The van der Waals surface area contributed by atoms with Crippen LogP contribution in [-0.2, 0) is 11.2 Å². The highest BCUT2D eigenvalue weighted by Gasteiger charge is 2.21. The Kier molecular flexibility index (Phi) is 3.90. The van der Waals surface area contributed by atoms with Gasteiger partial charge in [0.15, 0.2) is 0 Å². The molecule has 0 aliphatic carbocycles. The maximum atomic E-state index is 5.56. The van der Waals surface area contributed by atoms with E-state index in [9.17, 15) is 0 Å². The van der Waals surface area contributed by atoms with Crippen LogP contribution in [0, 0.1) is 5.92 Å². The maximum Gasteiger partial charge on any atom is 0.227 e. The number of nitrogens with one attached hydrogen (secondary N) is 1. The Morgan fingerprint density at radius 2 is 2.44 bits per heavy atom. The number of hydrogen-bond acceptors (Lipinski definition) is 5. The Labute approximate surface area is 95.6 Å². The molecule has 90 valence electrons. The third-order valence-corrected chi connectivity index (χ3v) is 2.92. The Bertz CT molecular complexity index is 321. The van der Waals surface area contributed by atoms with Gasteiger partial charge in [0.1, 0.15) is 6.10 Å². The molecule has 1 aliphatic heterocycles. The van der Waals surface area contributed by atoms with Crippen LogP contribution in [0.2, 0.25) is 0 Å². The molecule has 0 radical (unpaired) electrons. The van der Waals surface area contributed by atoms with Gasteiger partial charge in [0, 0.05) is 19.5 Å². The summed E-state index contributed by atoms with van der Waals surface area (Å²) in [6.45, 7) is 6.72. The predicted octanol–water partition coefficient (Wildman–Crippen LogP) is 1.32. The van der Waals surface area contributed by atoms with Crippen molar-refractivity contribution in [2.75, 3.05) is 19.7 Å². The molecule has 2 rings (SSSR count). The van der Waals surface area contributed by atoms with E-state index >= 15 is 0 Å². The fourth-order valence-corrected chi connectivity index (χ4v) is 1.66. The van der Waals surface area contributed by atoms with E-state index in [1.165, 1.54) is 0 Å². The van der Waals surface area contributed by atoms with Crippen LogP contribution in [0.5, 0.6) is 0 Å². The number of aromatic nitrogens is 2. The molecule has 2 heterocycles. The Morgan fingerprint density at radius 3 is 3.12 bits per heavy atom. The second-order valence-corrected chi connectivity index (χ2v) is 4.33. The lowest BCUT2D eigenvalue weighted by atomic mass is 10.1. The zero-order valence-electron chi connectivity index (χ0n) is 9.90. The molecular formula is C11H19N3O2. The molecule has 2 unspecified atom stereocenters. The molecule has 0 amide bonds. The van der Waals surface area contributed by atoms with E-state index in [-0.39, 0.29) is 6.10 Å². The van der Waals surface area contributed by atoms with Crippen LogP contribution in [0.15, 0.2) is 4.52 Å². The fraction of sp³-hybridized carbons (Fsp3) is 0.818.